The molecule has 7 heteroatoms. The quantitative estimate of drug-likeness (QED) is 0.535. The minimum absolute atomic E-state index is 0.131. The Labute approximate surface area is 174 Å². The van der Waals surface area contributed by atoms with Crippen LogP contribution in [0, 0.1) is 5.92 Å². The fraction of sp³-hybridized carbons (Fsp3) is 0.304. The van der Waals surface area contributed by atoms with E-state index in [1.54, 1.807) is 0 Å². The lowest BCUT2D eigenvalue weighted by Crippen LogP contribution is -2.49. The summed E-state index contributed by atoms with van der Waals surface area (Å²) in [4.78, 5) is 26.2. The molecule has 2 aliphatic rings. The van der Waals surface area contributed by atoms with Crippen LogP contribution in [0.3, 0.4) is 0 Å². The van der Waals surface area contributed by atoms with Crippen LogP contribution in [0.4, 0.5) is 0 Å². The highest BCUT2D eigenvalue weighted by Gasteiger charge is 2.45. The van der Waals surface area contributed by atoms with Crippen LogP contribution in [0.2, 0.25) is 0 Å². The molecule has 2 aliphatic heterocycles. The number of benzene rings is 2. The number of carbonyl (C=O) groups excluding carboxylic acids is 1. The molecule has 0 aliphatic carbocycles. The summed E-state index contributed by atoms with van der Waals surface area (Å²) < 4.78 is 0. The van der Waals surface area contributed by atoms with Gasteiger partial charge in [-0.25, -0.2) is 0 Å². The average Bonchev–Trinajstić information content (AvgIpc) is 3.41. The van der Waals surface area contributed by atoms with Crippen molar-refractivity contribution in [1.29, 1.82) is 0 Å². The van der Waals surface area contributed by atoms with E-state index in [-0.39, 0.29) is 29.3 Å². The summed E-state index contributed by atoms with van der Waals surface area (Å²) in [6, 6.07) is 22.8. The molecule has 1 amide bonds. The molecular formula is C23H25N5O2. The normalized spacial score (nSPS) is 23.5. The summed E-state index contributed by atoms with van der Waals surface area (Å²) in [5.74, 6) is 0.282. The number of amides is 1. The topological polar surface area (TPSA) is 93.0 Å². The number of fused-ring (bicyclic) bond motifs is 1. The number of likely N-dealkylation sites (tertiary alicyclic amines) is 1. The summed E-state index contributed by atoms with van der Waals surface area (Å²) in [7, 11) is 0. The molecule has 0 saturated carbocycles. The second-order valence-corrected chi connectivity index (χ2v) is 8.10. The first-order valence-electron chi connectivity index (χ1n) is 10.4. The van der Waals surface area contributed by atoms with Crippen LogP contribution in [-0.2, 0) is 0 Å². The van der Waals surface area contributed by atoms with E-state index < -0.39 is 0 Å². The lowest BCUT2D eigenvalue weighted by molar-refractivity contribution is 0.0643. The fourth-order valence-corrected chi connectivity index (χ4v) is 4.90. The monoisotopic (exact) mass is 403 g/mol. The molecule has 0 radical (unpaired) electrons. The van der Waals surface area contributed by atoms with Gasteiger partial charge < -0.3 is 4.90 Å². The number of nitrogens with zero attached hydrogens (tertiary/aromatic N) is 1. The van der Waals surface area contributed by atoms with Gasteiger partial charge in [0, 0.05) is 43.1 Å². The molecule has 2 saturated heterocycles. The molecule has 3 aromatic rings. The lowest BCUT2D eigenvalue weighted by atomic mass is 9.76. The molecule has 0 bridgehead atoms. The first kappa shape index (κ1) is 18.8. The maximum atomic E-state index is 12.9. The first-order valence-corrected chi connectivity index (χ1v) is 10.4. The molecule has 1 aromatic heterocycles. The molecule has 3 heterocycles. The number of carbonyl (C=O) groups is 1. The standard InChI is InChI=1S/C23H25N5O2/c29-20-13-19(25-26-20)23(30)28-12-11-18-17(14-28)22(27-24-18)21(15-7-3-1-4-8-15)16-9-5-2-6-10-16/h1-10,13,17-18,21-22,24,27H,11-12,14H2,(H2,25,26,29). The van der Waals surface area contributed by atoms with E-state index in [2.05, 4.69) is 69.6 Å². The highest BCUT2D eigenvalue weighted by atomic mass is 16.2. The van der Waals surface area contributed by atoms with Crippen LogP contribution in [0.15, 0.2) is 71.5 Å². The number of aromatic nitrogens is 2. The zero-order valence-electron chi connectivity index (χ0n) is 16.5. The van der Waals surface area contributed by atoms with Gasteiger partial charge in [0.2, 0.25) is 0 Å². The van der Waals surface area contributed by atoms with E-state index in [1.807, 2.05) is 17.0 Å². The zero-order chi connectivity index (χ0) is 20.5. The Bertz CT molecular complexity index is 1020. The molecule has 0 spiro atoms. The predicted molar refractivity (Wildman–Crippen MR) is 114 cm³/mol. The third-order valence-corrected chi connectivity index (χ3v) is 6.34. The Morgan fingerprint density at radius 1 is 0.933 bits per heavy atom. The van der Waals surface area contributed by atoms with Crippen molar-refractivity contribution in [1.82, 2.24) is 25.9 Å². The number of nitrogens with one attached hydrogen (secondary N) is 4. The summed E-state index contributed by atoms with van der Waals surface area (Å²) >= 11 is 0. The maximum absolute atomic E-state index is 12.9. The van der Waals surface area contributed by atoms with Gasteiger partial charge in [-0.05, 0) is 17.5 Å². The third-order valence-electron chi connectivity index (χ3n) is 6.34. The minimum atomic E-state index is -0.288. The van der Waals surface area contributed by atoms with E-state index in [9.17, 15) is 9.59 Å². The Hall–Kier alpha value is -3.16. The van der Waals surface area contributed by atoms with E-state index in [0.29, 0.717) is 24.8 Å². The summed E-state index contributed by atoms with van der Waals surface area (Å²) in [5, 5.41) is 5.14. The zero-order valence-corrected chi connectivity index (χ0v) is 16.5. The predicted octanol–water partition coefficient (Wildman–Crippen LogP) is 1.84. The van der Waals surface area contributed by atoms with Crippen molar-refractivity contribution >= 4 is 5.91 Å². The Balaban J connectivity index is 1.44. The van der Waals surface area contributed by atoms with Crippen molar-refractivity contribution in [3.8, 4) is 0 Å². The van der Waals surface area contributed by atoms with Crippen molar-refractivity contribution in [2.24, 2.45) is 5.92 Å². The van der Waals surface area contributed by atoms with Gasteiger partial charge in [0.25, 0.3) is 11.5 Å². The second-order valence-electron chi connectivity index (χ2n) is 8.10. The minimum Gasteiger partial charge on any atom is -0.337 e. The summed E-state index contributed by atoms with van der Waals surface area (Å²) in [6.45, 7) is 1.30. The van der Waals surface area contributed by atoms with Gasteiger partial charge in [-0.2, -0.15) is 0 Å². The summed E-state index contributed by atoms with van der Waals surface area (Å²) in [6.07, 6.45) is 0.866. The average molecular weight is 403 g/mol. The molecule has 3 unspecified atom stereocenters. The summed E-state index contributed by atoms with van der Waals surface area (Å²) in [5.41, 5.74) is 9.56. The van der Waals surface area contributed by atoms with E-state index in [0.717, 1.165) is 6.42 Å². The molecule has 5 rings (SSSR count). The van der Waals surface area contributed by atoms with Gasteiger partial charge in [-0.1, -0.05) is 60.7 Å². The van der Waals surface area contributed by atoms with Gasteiger partial charge in [-0.15, -0.1) is 0 Å². The molecule has 2 aromatic carbocycles. The van der Waals surface area contributed by atoms with Gasteiger partial charge in [0.15, 0.2) is 0 Å². The fourth-order valence-electron chi connectivity index (χ4n) is 4.90. The van der Waals surface area contributed by atoms with Crippen molar-refractivity contribution in [2.75, 3.05) is 13.1 Å². The van der Waals surface area contributed by atoms with Gasteiger partial charge in [0.1, 0.15) is 5.69 Å². The Morgan fingerprint density at radius 2 is 1.60 bits per heavy atom. The van der Waals surface area contributed by atoms with Crippen LogP contribution in [0.5, 0.6) is 0 Å². The number of H-pyrrole nitrogens is 2. The molecule has 7 nitrogen and oxygen atoms in total. The molecular weight excluding hydrogens is 378 g/mol. The largest absolute Gasteiger partial charge is 0.337 e. The first-order chi connectivity index (χ1) is 14.7. The van der Waals surface area contributed by atoms with Crippen LogP contribution >= 0.6 is 0 Å². The molecule has 2 fully saturated rings. The highest BCUT2D eigenvalue weighted by Crippen LogP contribution is 2.37. The molecule has 4 N–H and O–H groups in total. The third kappa shape index (κ3) is 3.46. The van der Waals surface area contributed by atoms with Gasteiger partial charge >= 0.3 is 0 Å². The van der Waals surface area contributed by atoms with E-state index >= 15 is 0 Å². The number of aromatic amines is 2. The SMILES string of the molecule is O=C(c1cc(=O)[nH][nH]1)N1CCC2NNC(C(c3ccccc3)c3ccccc3)C2C1. The van der Waals surface area contributed by atoms with Crippen LogP contribution < -0.4 is 16.4 Å². The number of hydrazine groups is 1. The van der Waals surface area contributed by atoms with E-state index in [1.165, 1.54) is 17.2 Å². The van der Waals surface area contributed by atoms with E-state index in [4.69, 9.17) is 0 Å². The molecule has 30 heavy (non-hydrogen) atoms. The van der Waals surface area contributed by atoms with Crippen LogP contribution in [-0.4, -0.2) is 46.2 Å². The van der Waals surface area contributed by atoms with Crippen LogP contribution in [0.1, 0.15) is 34.0 Å². The number of rotatable bonds is 4. The Morgan fingerprint density at radius 3 is 2.20 bits per heavy atom. The number of hydrogen-bond donors (Lipinski definition) is 4. The van der Waals surface area contributed by atoms with Crippen LogP contribution in [0.25, 0.3) is 0 Å². The number of piperidine rings is 1. The second kappa shape index (κ2) is 7.93. The van der Waals surface area contributed by atoms with Crippen molar-refractivity contribution in [3.05, 3.63) is 93.9 Å². The number of hydrogen-bond acceptors (Lipinski definition) is 4. The van der Waals surface area contributed by atoms with Gasteiger partial charge in [0.05, 0.1) is 0 Å². The Kier molecular flexibility index (Phi) is 4.98. The van der Waals surface area contributed by atoms with Crippen molar-refractivity contribution < 1.29 is 4.79 Å². The molecule has 3 atom stereocenters. The molecule has 154 valence electrons. The highest BCUT2D eigenvalue weighted by molar-refractivity contribution is 5.92. The van der Waals surface area contributed by atoms with Crippen molar-refractivity contribution in [2.45, 2.75) is 24.4 Å². The van der Waals surface area contributed by atoms with Crippen molar-refractivity contribution in [3.63, 3.8) is 0 Å². The smallest absolute Gasteiger partial charge is 0.271 e. The maximum Gasteiger partial charge on any atom is 0.271 e. The van der Waals surface area contributed by atoms with Gasteiger partial charge in [-0.3, -0.25) is 30.6 Å². The lowest BCUT2D eigenvalue weighted by Gasteiger charge is -2.38.